The van der Waals surface area contributed by atoms with Gasteiger partial charge >= 0.3 is 0 Å². The first-order valence-electron chi connectivity index (χ1n) is 2.81. The molecule has 0 N–H and O–H groups in total. The van der Waals surface area contributed by atoms with Gasteiger partial charge in [0.05, 0.1) is 8.81 Å². The molecule has 1 atom stereocenters. The van der Waals surface area contributed by atoms with E-state index < -0.39 is 0 Å². The van der Waals surface area contributed by atoms with Crippen LogP contribution < -0.4 is 0 Å². The van der Waals surface area contributed by atoms with Crippen LogP contribution in [0.3, 0.4) is 0 Å². The van der Waals surface area contributed by atoms with Crippen LogP contribution in [0.1, 0.15) is 20.8 Å². The smallest absolute Gasteiger partial charge is 0.0722 e. The van der Waals surface area contributed by atoms with Gasteiger partial charge in [-0.15, -0.1) is 0 Å². The summed E-state index contributed by atoms with van der Waals surface area (Å²) in [6, 6.07) is 0. The third-order valence-corrected chi connectivity index (χ3v) is 1.65. The molecule has 0 bridgehead atoms. The fourth-order valence-corrected chi connectivity index (χ4v) is 0.984. The first kappa shape index (κ1) is 9.06. The first-order chi connectivity index (χ1) is 4.12. The summed E-state index contributed by atoms with van der Waals surface area (Å²) in [4.78, 5) is 0. The van der Waals surface area contributed by atoms with Crippen LogP contribution in [0.25, 0.3) is 0 Å². The Morgan fingerprint density at radius 1 is 1.56 bits per heavy atom. The standard InChI is InChI=1S/C6H12FOP/c1-4-5-6(2,3)9-8-7/h4-5,9H,1-3H3. The molecule has 0 aliphatic carbocycles. The molecule has 0 aliphatic heterocycles. The molecule has 3 heteroatoms. The maximum absolute atomic E-state index is 11.3. The zero-order valence-electron chi connectivity index (χ0n) is 5.94. The van der Waals surface area contributed by atoms with Crippen LogP contribution in [-0.2, 0) is 4.73 Å². The van der Waals surface area contributed by atoms with Crippen LogP contribution in [0.4, 0.5) is 4.53 Å². The van der Waals surface area contributed by atoms with Crippen molar-refractivity contribution >= 4 is 8.81 Å². The van der Waals surface area contributed by atoms with Gasteiger partial charge in [0.15, 0.2) is 0 Å². The molecule has 0 aliphatic rings. The van der Waals surface area contributed by atoms with Gasteiger partial charge in [-0.05, 0) is 11.4 Å². The molecule has 0 amide bonds. The zero-order valence-corrected chi connectivity index (χ0v) is 6.94. The van der Waals surface area contributed by atoms with Gasteiger partial charge < -0.3 is 0 Å². The van der Waals surface area contributed by atoms with Crippen LogP contribution in [-0.4, -0.2) is 5.16 Å². The SMILES string of the molecule is CC=CC(C)(C)POF. The molecule has 0 aromatic heterocycles. The molecule has 9 heavy (non-hydrogen) atoms. The van der Waals surface area contributed by atoms with Gasteiger partial charge in [-0.3, -0.25) is 0 Å². The maximum Gasteiger partial charge on any atom is 0.0722 e. The fourth-order valence-electron chi connectivity index (χ4n) is 0.550. The highest BCUT2D eigenvalue weighted by Crippen LogP contribution is 2.33. The van der Waals surface area contributed by atoms with Crippen molar-refractivity contribution in [3.8, 4) is 0 Å². The van der Waals surface area contributed by atoms with Crippen LogP contribution in [0.5, 0.6) is 0 Å². The topological polar surface area (TPSA) is 9.23 Å². The molecule has 0 saturated heterocycles. The summed E-state index contributed by atoms with van der Waals surface area (Å²) in [5.74, 6) is 0. The van der Waals surface area contributed by atoms with Crippen LogP contribution in [0, 0.1) is 0 Å². The largest absolute Gasteiger partial charge is 0.176 e. The second-order valence-electron chi connectivity index (χ2n) is 2.40. The lowest BCUT2D eigenvalue weighted by Crippen LogP contribution is -2.06. The van der Waals surface area contributed by atoms with Gasteiger partial charge in [-0.2, -0.15) is 4.73 Å². The highest BCUT2D eigenvalue weighted by atomic mass is 31.1. The molecule has 0 fully saturated rings. The lowest BCUT2D eigenvalue weighted by atomic mass is 10.2. The number of halogens is 1. The van der Waals surface area contributed by atoms with Gasteiger partial charge in [-0.25, -0.2) is 0 Å². The van der Waals surface area contributed by atoms with E-state index in [4.69, 9.17) is 0 Å². The minimum absolute atomic E-state index is 0.105. The van der Waals surface area contributed by atoms with E-state index in [1.807, 2.05) is 32.9 Å². The Balaban J connectivity index is 3.70. The molecule has 0 aromatic carbocycles. The number of hydrogen-bond acceptors (Lipinski definition) is 1. The maximum atomic E-state index is 11.3. The van der Waals surface area contributed by atoms with Gasteiger partial charge in [0.1, 0.15) is 0 Å². The average Bonchev–Trinajstić information content (AvgIpc) is 1.64. The second-order valence-corrected chi connectivity index (χ2v) is 4.05. The van der Waals surface area contributed by atoms with E-state index in [9.17, 15) is 4.53 Å². The number of allylic oxidation sites excluding steroid dienone is 2. The van der Waals surface area contributed by atoms with Gasteiger partial charge in [0.25, 0.3) is 0 Å². The number of hydrogen-bond donors (Lipinski definition) is 0. The van der Waals surface area contributed by atoms with Crippen LogP contribution in [0.2, 0.25) is 0 Å². The normalized spacial score (nSPS) is 14.2. The third-order valence-electron chi connectivity index (χ3n) is 0.885. The van der Waals surface area contributed by atoms with Crippen molar-refractivity contribution in [1.29, 1.82) is 0 Å². The minimum Gasteiger partial charge on any atom is -0.176 e. The molecule has 0 heterocycles. The summed E-state index contributed by atoms with van der Waals surface area (Å²) >= 11 is 0. The Hall–Kier alpha value is 0.0600. The molecule has 0 rings (SSSR count). The summed E-state index contributed by atoms with van der Waals surface area (Å²) in [7, 11) is -0.105. The highest BCUT2D eigenvalue weighted by Gasteiger charge is 2.13. The van der Waals surface area contributed by atoms with Crippen molar-refractivity contribution in [3.63, 3.8) is 0 Å². The fraction of sp³-hybridized carbons (Fsp3) is 0.667. The lowest BCUT2D eigenvalue weighted by Gasteiger charge is -2.14. The summed E-state index contributed by atoms with van der Waals surface area (Å²) in [5.41, 5.74) is 0. The van der Waals surface area contributed by atoms with Crippen molar-refractivity contribution in [1.82, 2.24) is 0 Å². The van der Waals surface area contributed by atoms with Crippen molar-refractivity contribution in [3.05, 3.63) is 12.2 Å². The lowest BCUT2D eigenvalue weighted by molar-refractivity contribution is 0.0130. The monoisotopic (exact) mass is 150 g/mol. The van der Waals surface area contributed by atoms with E-state index in [1.165, 1.54) is 0 Å². The summed E-state index contributed by atoms with van der Waals surface area (Å²) < 4.78 is 14.8. The van der Waals surface area contributed by atoms with Crippen LogP contribution in [0.15, 0.2) is 12.2 Å². The second kappa shape index (κ2) is 3.97. The molecule has 54 valence electrons. The van der Waals surface area contributed by atoms with E-state index in [-0.39, 0.29) is 14.0 Å². The summed E-state index contributed by atoms with van der Waals surface area (Å²) in [5, 5.41) is -0.149. The molecule has 1 unspecified atom stereocenters. The van der Waals surface area contributed by atoms with Crippen molar-refractivity contribution in [2.24, 2.45) is 0 Å². The Kier molecular flexibility index (Phi) is 4.00. The Bertz CT molecular complexity index is 101. The molecule has 0 spiro atoms. The zero-order chi connectivity index (χ0) is 7.33. The van der Waals surface area contributed by atoms with Crippen LogP contribution >= 0.6 is 8.81 Å². The minimum atomic E-state index is -0.149. The predicted molar refractivity (Wildman–Crippen MR) is 39.4 cm³/mol. The van der Waals surface area contributed by atoms with Crippen molar-refractivity contribution < 1.29 is 9.25 Å². The Morgan fingerprint density at radius 2 is 2.11 bits per heavy atom. The van der Waals surface area contributed by atoms with E-state index in [1.54, 1.807) is 0 Å². The summed E-state index contributed by atoms with van der Waals surface area (Å²) in [6.45, 7) is 5.75. The average molecular weight is 150 g/mol. The molecular weight excluding hydrogens is 138 g/mol. The molecule has 0 saturated carbocycles. The highest BCUT2D eigenvalue weighted by molar-refractivity contribution is 7.34. The molecule has 1 nitrogen and oxygen atoms in total. The van der Waals surface area contributed by atoms with Crippen molar-refractivity contribution in [2.75, 3.05) is 0 Å². The Morgan fingerprint density at radius 3 is 2.44 bits per heavy atom. The van der Waals surface area contributed by atoms with Gasteiger partial charge in [-0.1, -0.05) is 26.0 Å². The quantitative estimate of drug-likeness (QED) is 0.444. The van der Waals surface area contributed by atoms with Gasteiger partial charge in [0.2, 0.25) is 0 Å². The van der Waals surface area contributed by atoms with Crippen molar-refractivity contribution in [2.45, 2.75) is 25.9 Å². The molecule has 0 aromatic rings. The third kappa shape index (κ3) is 4.56. The Labute approximate surface area is 57.1 Å². The van der Waals surface area contributed by atoms with E-state index in [0.717, 1.165) is 0 Å². The summed E-state index contributed by atoms with van der Waals surface area (Å²) in [6.07, 6.45) is 3.82. The number of rotatable bonds is 3. The predicted octanol–water partition coefficient (Wildman–Crippen LogP) is 2.84. The van der Waals surface area contributed by atoms with Gasteiger partial charge in [0, 0.05) is 5.16 Å². The molecular formula is C6H12FOP. The van der Waals surface area contributed by atoms with E-state index >= 15 is 0 Å². The van der Waals surface area contributed by atoms with E-state index in [0.29, 0.717) is 0 Å². The molecule has 0 radical (unpaired) electrons. The first-order valence-corrected chi connectivity index (χ1v) is 3.72. The van der Waals surface area contributed by atoms with E-state index in [2.05, 4.69) is 4.73 Å².